The van der Waals surface area contributed by atoms with E-state index in [1.165, 1.54) is 0 Å². The van der Waals surface area contributed by atoms with E-state index in [0.29, 0.717) is 29.4 Å². The molecule has 0 radical (unpaired) electrons. The Labute approximate surface area is 144 Å². The van der Waals surface area contributed by atoms with Gasteiger partial charge in [0.2, 0.25) is 5.95 Å². The number of hydrogen-bond acceptors (Lipinski definition) is 7. The lowest BCUT2D eigenvalue weighted by Crippen LogP contribution is -2.46. The summed E-state index contributed by atoms with van der Waals surface area (Å²) in [6.07, 6.45) is 4.77. The van der Waals surface area contributed by atoms with Gasteiger partial charge < -0.3 is 14.9 Å². The molecule has 1 saturated carbocycles. The largest absolute Gasteiger partial charge is 0.481 e. The van der Waals surface area contributed by atoms with Crippen molar-refractivity contribution in [3.8, 4) is 0 Å². The van der Waals surface area contributed by atoms with Gasteiger partial charge in [0.05, 0.1) is 0 Å². The summed E-state index contributed by atoms with van der Waals surface area (Å²) in [6.45, 7) is 4.84. The highest BCUT2D eigenvalue weighted by Gasteiger charge is 2.56. The number of carboxylic acid groups (broad SMARTS) is 1. The number of piperidine rings is 1. The number of hydrogen-bond donors (Lipinski definition) is 1. The maximum atomic E-state index is 10.9. The Morgan fingerprint density at radius 3 is 2.64 bits per heavy atom. The zero-order valence-electron chi connectivity index (χ0n) is 14.0. The van der Waals surface area contributed by atoms with Crippen LogP contribution in [0.5, 0.6) is 0 Å². The Hall–Kier alpha value is -2.51. The summed E-state index contributed by atoms with van der Waals surface area (Å²) in [6, 6.07) is 0.453. The first-order valence-electron chi connectivity index (χ1n) is 8.84. The molecule has 2 aliphatic heterocycles. The molecular formula is C17H20N6O2. The Balaban J connectivity index is 1.46. The van der Waals surface area contributed by atoms with E-state index in [2.05, 4.69) is 31.7 Å². The van der Waals surface area contributed by atoms with Crippen LogP contribution in [0.2, 0.25) is 0 Å². The van der Waals surface area contributed by atoms with Crippen molar-refractivity contribution in [2.45, 2.75) is 25.8 Å². The van der Waals surface area contributed by atoms with Gasteiger partial charge in [-0.25, -0.2) is 9.97 Å². The van der Waals surface area contributed by atoms with Crippen molar-refractivity contribution in [3.05, 3.63) is 12.4 Å². The average Bonchev–Trinajstić information content (AvgIpc) is 3.03. The topological polar surface area (TPSA) is 95.3 Å². The quantitative estimate of drug-likeness (QED) is 0.886. The highest BCUT2D eigenvalue weighted by Crippen LogP contribution is 2.54. The summed E-state index contributed by atoms with van der Waals surface area (Å²) in [5.41, 5.74) is 1.36. The van der Waals surface area contributed by atoms with E-state index in [0.717, 1.165) is 43.3 Å². The average molecular weight is 340 g/mol. The second kappa shape index (κ2) is 5.24. The summed E-state index contributed by atoms with van der Waals surface area (Å²) < 4.78 is 0. The van der Waals surface area contributed by atoms with Crippen LogP contribution in [0.4, 0.5) is 11.8 Å². The minimum Gasteiger partial charge on any atom is -0.481 e. The van der Waals surface area contributed by atoms with Crippen LogP contribution in [0.15, 0.2) is 12.4 Å². The second-order valence-corrected chi connectivity index (χ2v) is 7.40. The highest BCUT2D eigenvalue weighted by atomic mass is 16.4. The predicted molar refractivity (Wildman–Crippen MR) is 91.5 cm³/mol. The van der Waals surface area contributed by atoms with Gasteiger partial charge in [-0.05, 0) is 31.1 Å². The molecular weight excluding hydrogens is 320 g/mol. The van der Waals surface area contributed by atoms with Gasteiger partial charge in [0.25, 0.3) is 0 Å². The molecule has 8 heteroatoms. The molecule has 0 aromatic carbocycles. The van der Waals surface area contributed by atoms with E-state index in [9.17, 15) is 4.79 Å². The smallest absolute Gasteiger partial charge is 0.303 e. The molecule has 1 aliphatic carbocycles. The number of fused-ring (bicyclic) bond motifs is 2. The zero-order chi connectivity index (χ0) is 17.1. The first-order valence-corrected chi connectivity index (χ1v) is 8.84. The molecule has 1 unspecified atom stereocenters. The monoisotopic (exact) mass is 340 g/mol. The number of anilines is 2. The minimum atomic E-state index is -0.696. The van der Waals surface area contributed by atoms with E-state index in [-0.39, 0.29) is 6.42 Å². The van der Waals surface area contributed by atoms with Crippen molar-refractivity contribution in [3.63, 3.8) is 0 Å². The Morgan fingerprint density at radius 1 is 1.24 bits per heavy atom. The number of aromatic nitrogens is 4. The van der Waals surface area contributed by atoms with Crippen LogP contribution >= 0.6 is 0 Å². The van der Waals surface area contributed by atoms with Crippen molar-refractivity contribution in [1.29, 1.82) is 0 Å². The van der Waals surface area contributed by atoms with Crippen LogP contribution in [0.3, 0.4) is 0 Å². The minimum absolute atomic E-state index is 0.282. The van der Waals surface area contributed by atoms with Crippen LogP contribution in [-0.4, -0.2) is 56.7 Å². The zero-order valence-corrected chi connectivity index (χ0v) is 14.0. The van der Waals surface area contributed by atoms with Crippen LogP contribution < -0.4 is 9.80 Å². The number of nitrogens with zero attached hydrogens (tertiary/aromatic N) is 6. The van der Waals surface area contributed by atoms with Crippen molar-refractivity contribution in [2.75, 3.05) is 29.4 Å². The summed E-state index contributed by atoms with van der Waals surface area (Å²) in [7, 11) is 0. The number of carboxylic acids is 1. The van der Waals surface area contributed by atoms with Crippen molar-refractivity contribution in [2.24, 2.45) is 17.8 Å². The van der Waals surface area contributed by atoms with E-state index >= 15 is 0 Å². The molecule has 1 N–H and O–H groups in total. The molecule has 4 atom stereocenters. The fraction of sp³-hybridized carbons (Fsp3) is 0.588. The summed E-state index contributed by atoms with van der Waals surface area (Å²) in [5.74, 6) is 2.12. The van der Waals surface area contributed by atoms with Gasteiger partial charge in [-0.2, -0.15) is 9.97 Å². The molecule has 2 aromatic heterocycles. The number of aliphatic carboxylic acids is 1. The SMILES string of the molecule is C[C@H]1CCN1c1nc(N2C[C@@H]3C(CC(=O)O)[C@@H]3C2)c2nccnc2n1. The molecule has 0 bridgehead atoms. The predicted octanol–water partition coefficient (Wildman–Crippen LogP) is 1.18. The van der Waals surface area contributed by atoms with Gasteiger partial charge in [-0.3, -0.25) is 4.79 Å². The van der Waals surface area contributed by atoms with Crippen LogP contribution in [0.1, 0.15) is 19.8 Å². The molecule has 130 valence electrons. The summed E-state index contributed by atoms with van der Waals surface area (Å²) >= 11 is 0. The van der Waals surface area contributed by atoms with Crippen LogP contribution in [0, 0.1) is 17.8 Å². The Morgan fingerprint density at radius 2 is 2.00 bits per heavy atom. The van der Waals surface area contributed by atoms with E-state index in [4.69, 9.17) is 10.1 Å². The van der Waals surface area contributed by atoms with Crippen LogP contribution in [0.25, 0.3) is 11.2 Å². The molecule has 3 aliphatic rings. The van der Waals surface area contributed by atoms with Gasteiger partial charge in [0.1, 0.15) is 0 Å². The highest BCUT2D eigenvalue weighted by molar-refractivity contribution is 5.84. The van der Waals surface area contributed by atoms with E-state index in [1.54, 1.807) is 12.4 Å². The van der Waals surface area contributed by atoms with E-state index in [1.807, 2.05) is 0 Å². The van der Waals surface area contributed by atoms with Gasteiger partial charge in [0.15, 0.2) is 17.0 Å². The van der Waals surface area contributed by atoms with Crippen molar-refractivity contribution in [1.82, 2.24) is 19.9 Å². The lowest BCUT2D eigenvalue weighted by Gasteiger charge is -2.39. The Kier molecular flexibility index (Phi) is 3.10. The molecule has 2 saturated heterocycles. The number of carbonyl (C=O) groups is 1. The summed E-state index contributed by atoms with van der Waals surface area (Å²) in [5, 5.41) is 9.00. The maximum Gasteiger partial charge on any atom is 0.303 e. The Bertz CT molecular complexity index is 846. The molecule has 0 amide bonds. The molecule has 4 heterocycles. The second-order valence-electron chi connectivity index (χ2n) is 7.40. The molecule has 5 rings (SSSR count). The van der Waals surface area contributed by atoms with Crippen LogP contribution in [-0.2, 0) is 4.79 Å². The first-order chi connectivity index (χ1) is 12.1. The molecule has 25 heavy (non-hydrogen) atoms. The van der Waals surface area contributed by atoms with Crippen molar-refractivity contribution >= 4 is 28.9 Å². The van der Waals surface area contributed by atoms with Gasteiger partial charge in [-0.15, -0.1) is 0 Å². The van der Waals surface area contributed by atoms with Gasteiger partial charge in [0, 0.05) is 44.5 Å². The maximum absolute atomic E-state index is 10.9. The first kappa shape index (κ1) is 14.8. The van der Waals surface area contributed by atoms with Gasteiger partial charge in [-0.1, -0.05) is 0 Å². The lowest BCUT2D eigenvalue weighted by atomic mass is 10.1. The van der Waals surface area contributed by atoms with Crippen molar-refractivity contribution < 1.29 is 9.90 Å². The standard InChI is InChI=1S/C17H20N6O2/c1-9-2-5-23(9)17-20-15-14(18-3-4-19-15)16(21-17)22-7-11-10(6-13(24)25)12(11)8-22/h3-4,9-12H,2,5-8H2,1H3,(H,24,25)/t9-,10?,11-,12+/m0/s1. The third-order valence-electron chi connectivity index (χ3n) is 5.96. The van der Waals surface area contributed by atoms with Gasteiger partial charge >= 0.3 is 5.97 Å². The fourth-order valence-electron chi connectivity index (χ4n) is 4.33. The number of rotatable bonds is 4. The lowest BCUT2D eigenvalue weighted by molar-refractivity contribution is -0.137. The third-order valence-corrected chi connectivity index (χ3v) is 5.96. The normalized spacial score (nSPS) is 30.3. The van der Waals surface area contributed by atoms with E-state index < -0.39 is 5.97 Å². The molecule has 0 spiro atoms. The molecule has 8 nitrogen and oxygen atoms in total. The molecule has 3 fully saturated rings. The third kappa shape index (κ3) is 2.31. The fourth-order valence-corrected chi connectivity index (χ4v) is 4.33. The summed E-state index contributed by atoms with van der Waals surface area (Å²) in [4.78, 5) is 33.6. The molecule has 2 aromatic rings.